The first-order valence-corrected chi connectivity index (χ1v) is 9.44. The SMILES string of the molecule is CC(=O)CCCCCCCCCCC(=O)N1C[C@H](C)C[C@H]1CO. The molecule has 0 aromatic rings. The zero-order valence-corrected chi connectivity index (χ0v) is 15.1. The smallest absolute Gasteiger partial charge is 0.222 e. The van der Waals surface area contributed by atoms with E-state index in [1.165, 1.54) is 25.7 Å². The number of aliphatic hydroxyl groups excluding tert-OH is 1. The maximum Gasteiger partial charge on any atom is 0.222 e. The van der Waals surface area contributed by atoms with Gasteiger partial charge in [-0.1, -0.05) is 45.4 Å². The normalized spacial score (nSPS) is 20.9. The molecule has 2 atom stereocenters. The summed E-state index contributed by atoms with van der Waals surface area (Å²) in [6.07, 6.45) is 11.4. The predicted molar refractivity (Wildman–Crippen MR) is 93.2 cm³/mol. The van der Waals surface area contributed by atoms with E-state index in [9.17, 15) is 14.7 Å². The van der Waals surface area contributed by atoms with Crippen LogP contribution in [0, 0.1) is 5.92 Å². The quantitative estimate of drug-likeness (QED) is 0.557. The van der Waals surface area contributed by atoms with Gasteiger partial charge in [-0.2, -0.15) is 0 Å². The Kier molecular flexibility index (Phi) is 10.2. The number of carbonyl (C=O) groups excluding carboxylic acids is 2. The van der Waals surface area contributed by atoms with Crippen LogP contribution in [0.15, 0.2) is 0 Å². The van der Waals surface area contributed by atoms with Crippen molar-refractivity contribution in [3.05, 3.63) is 0 Å². The lowest BCUT2D eigenvalue weighted by atomic mass is 10.1. The summed E-state index contributed by atoms with van der Waals surface area (Å²) in [6.45, 7) is 4.71. The van der Waals surface area contributed by atoms with Gasteiger partial charge in [-0.15, -0.1) is 0 Å². The second-order valence-electron chi connectivity index (χ2n) is 7.25. The van der Waals surface area contributed by atoms with E-state index in [1.54, 1.807) is 6.92 Å². The first-order chi connectivity index (χ1) is 11.0. The molecule has 4 nitrogen and oxygen atoms in total. The van der Waals surface area contributed by atoms with Crippen LogP contribution in [0.2, 0.25) is 0 Å². The Bertz CT molecular complexity index is 357. The molecule has 1 fully saturated rings. The molecule has 4 heteroatoms. The third-order valence-electron chi connectivity index (χ3n) is 4.82. The first-order valence-electron chi connectivity index (χ1n) is 9.44. The Morgan fingerprint density at radius 3 is 2.00 bits per heavy atom. The Hall–Kier alpha value is -0.900. The van der Waals surface area contributed by atoms with Crippen LogP contribution in [0.4, 0.5) is 0 Å². The standard InChI is InChI=1S/C19H35NO3/c1-16-13-18(15-21)20(14-16)19(23)12-10-8-6-4-3-5-7-9-11-17(2)22/h16,18,21H,3-15H2,1-2H3/t16-,18+/m1/s1. The van der Waals surface area contributed by atoms with Crippen LogP contribution in [-0.2, 0) is 9.59 Å². The fraction of sp³-hybridized carbons (Fsp3) is 0.895. The molecule has 0 unspecified atom stereocenters. The number of ketones is 1. The van der Waals surface area contributed by atoms with E-state index in [4.69, 9.17) is 0 Å². The molecule has 0 spiro atoms. The Labute approximate surface area is 141 Å². The van der Waals surface area contributed by atoms with Gasteiger partial charge in [0.25, 0.3) is 0 Å². The summed E-state index contributed by atoms with van der Waals surface area (Å²) < 4.78 is 0. The van der Waals surface area contributed by atoms with Gasteiger partial charge in [0.1, 0.15) is 5.78 Å². The summed E-state index contributed by atoms with van der Waals surface area (Å²) in [6, 6.07) is 0.0486. The van der Waals surface area contributed by atoms with Gasteiger partial charge in [0.05, 0.1) is 12.6 Å². The highest BCUT2D eigenvalue weighted by atomic mass is 16.3. The highest BCUT2D eigenvalue weighted by Gasteiger charge is 2.31. The molecule has 1 rings (SSSR count). The van der Waals surface area contributed by atoms with Crippen molar-refractivity contribution in [1.29, 1.82) is 0 Å². The van der Waals surface area contributed by atoms with Gasteiger partial charge in [-0.25, -0.2) is 0 Å². The zero-order valence-electron chi connectivity index (χ0n) is 15.1. The van der Waals surface area contributed by atoms with Crippen molar-refractivity contribution in [3.8, 4) is 0 Å². The van der Waals surface area contributed by atoms with Gasteiger partial charge in [0.15, 0.2) is 0 Å². The van der Waals surface area contributed by atoms with Crippen LogP contribution in [0.1, 0.15) is 84.5 Å². The molecule has 134 valence electrons. The fourth-order valence-corrected chi connectivity index (χ4v) is 3.48. The Balaban J connectivity index is 1.96. The van der Waals surface area contributed by atoms with Crippen LogP contribution in [0.25, 0.3) is 0 Å². The number of unbranched alkanes of at least 4 members (excludes halogenated alkanes) is 7. The van der Waals surface area contributed by atoms with E-state index < -0.39 is 0 Å². The predicted octanol–water partition coefficient (Wildman–Crippen LogP) is 3.71. The second-order valence-corrected chi connectivity index (χ2v) is 7.25. The number of amides is 1. The molecule has 1 saturated heterocycles. The number of hydrogen-bond donors (Lipinski definition) is 1. The third-order valence-corrected chi connectivity index (χ3v) is 4.82. The highest BCUT2D eigenvalue weighted by molar-refractivity contribution is 5.76. The van der Waals surface area contributed by atoms with Crippen molar-refractivity contribution in [2.24, 2.45) is 5.92 Å². The van der Waals surface area contributed by atoms with Crippen LogP contribution in [-0.4, -0.2) is 40.9 Å². The number of hydrogen-bond acceptors (Lipinski definition) is 3. The Morgan fingerprint density at radius 2 is 1.48 bits per heavy atom. The number of carbonyl (C=O) groups is 2. The lowest BCUT2D eigenvalue weighted by molar-refractivity contribution is -0.133. The molecule has 0 saturated carbocycles. The summed E-state index contributed by atoms with van der Waals surface area (Å²) in [7, 11) is 0. The molecular formula is C19H35NO3. The molecule has 0 radical (unpaired) electrons. The molecule has 0 aromatic carbocycles. The summed E-state index contributed by atoms with van der Waals surface area (Å²) in [4.78, 5) is 24.9. The largest absolute Gasteiger partial charge is 0.394 e. The lowest BCUT2D eigenvalue weighted by Gasteiger charge is -2.23. The minimum atomic E-state index is 0.0486. The average Bonchev–Trinajstić information content (AvgIpc) is 2.89. The van der Waals surface area contributed by atoms with E-state index in [0.717, 1.165) is 45.1 Å². The van der Waals surface area contributed by atoms with Gasteiger partial charge in [-0.05, 0) is 32.1 Å². The first kappa shape index (κ1) is 20.1. The third kappa shape index (κ3) is 8.50. The molecule has 0 aromatic heterocycles. The van der Waals surface area contributed by atoms with E-state index in [-0.39, 0.29) is 18.6 Å². The molecule has 1 N–H and O–H groups in total. The molecule has 1 aliphatic heterocycles. The van der Waals surface area contributed by atoms with Crippen LogP contribution >= 0.6 is 0 Å². The summed E-state index contributed by atoms with van der Waals surface area (Å²) in [5.41, 5.74) is 0. The lowest BCUT2D eigenvalue weighted by Crippen LogP contribution is -2.37. The molecule has 23 heavy (non-hydrogen) atoms. The minimum Gasteiger partial charge on any atom is -0.394 e. The van der Waals surface area contributed by atoms with E-state index in [1.807, 2.05) is 4.90 Å². The van der Waals surface area contributed by atoms with Crippen molar-refractivity contribution >= 4 is 11.7 Å². The minimum absolute atomic E-state index is 0.0486. The van der Waals surface area contributed by atoms with Crippen LogP contribution in [0.3, 0.4) is 0 Å². The second kappa shape index (κ2) is 11.6. The van der Waals surface area contributed by atoms with E-state index >= 15 is 0 Å². The number of nitrogens with zero attached hydrogens (tertiary/aromatic N) is 1. The number of likely N-dealkylation sites (tertiary alicyclic amines) is 1. The van der Waals surface area contributed by atoms with Gasteiger partial charge < -0.3 is 14.8 Å². The maximum absolute atomic E-state index is 12.2. The summed E-state index contributed by atoms with van der Waals surface area (Å²) in [5.74, 6) is 1.03. The van der Waals surface area contributed by atoms with Crippen molar-refractivity contribution in [2.45, 2.75) is 90.5 Å². The molecular weight excluding hydrogens is 290 g/mol. The maximum atomic E-state index is 12.2. The zero-order chi connectivity index (χ0) is 17.1. The molecule has 0 bridgehead atoms. The molecule has 1 amide bonds. The van der Waals surface area contributed by atoms with Crippen molar-refractivity contribution in [3.63, 3.8) is 0 Å². The van der Waals surface area contributed by atoms with Gasteiger partial charge in [0.2, 0.25) is 5.91 Å². The van der Waals surface area contributed by atoms with Crippen LogP contribution in [0.5, 0.6) is 0 Å². The summed E-state index contributed by atoms with van der Waals surface area (Å²) in [5, 5.41) is 9.35. The van der Waals surface area contributed by atoms with Gasteiger partial charge in [-0.3, -0.25) is 4.79 Å². The van der Waals surface area contributed by atoms with Crippen molar-refractivity contribution in [1.82, 2.24) is 4.90 Å². The molecule has 1 aliphatic rings. The van der Waals surface area contributed by atoms with Crippen molar-refractivity contribution in [2.75, 3.05) is 13.2 Å². The number of Topliss-reactive ketones (excluding diaryl/α,β-unsaturated/α-hetero) is 1. The topological polar surface area (TPSA) is 57.6 Å². The number of rotatable bonds is 12. The van der Waals surface area contributed by atoms with Gasteiger partial charge >= 0.3 is 0 Å². The molecule has 0 aliphatic carbocycles. The fourth-order valence-electron chi connectivity index (χ4n) is 3.48. The van der Waals surface area contributed by atoms with E-state index in [2.05, 4.69) is 6.92 Å². The van der Waals surface area contributed by atoms with Crippen molar-refractivity contribution < 1.29 is 14.7 Å². The number of aliphatic hydroxyl groups is 1. The monoisotopic (exact) mass is 325 g/mol. The molecule has 1 heterocycles. The van der Waals surface area contributed by atoms with Gasteiger partial charge in [0, 0.05) is 19.4 Å². The summed E-state index contributed by atoms with van der Waals surface area (Å²) >= 11 is 0. The highest BCUT2D eigenvalue weighted by Crippen LogP contribution is 2.23. The Morgan fingerprint density at radius 1 is 0.957 bits per heavy atom. The average molecular weight is 325 g/mol. The van der Waals surface area contributed by atoms with Crippen LogP contribution < -0.4 is 0 Å². The van der Waals surface area contributed by atoms with E-state index in [0.29, 0.717) is 18.1 Å².